The zero-order chi connectivity index (χ0) is 19.1. The first-order valence-corrected chi connectivity index (χ1v) is 8.38. The number of esters is 1. The molecule has 0 aromatic heterocycles. The maximum absolute atomic E-state index is 12.1. The lowest BCUT2D eigenvalue weighted by Gasteiger charge is -2.18. The summed E-state index contributed by atoms with van der Waals surface area (Å²) in [4.78, 5) is 36.3. The van der Waals surface area contributed by atoms with Gasteiger partial charge >= 0.3 is 5.97 Å². The predicted molar refractivity (Wildman–Crippen MR) is 99.0 cm³/mol. The van der Waals surface area contributed by atoms with Gasteiger partial charge < -0.3 is 15.4 Å². The lowest BCUT2D eigenvalue weighted by Crippen LogP contribution is -2.42. The summed E-state index contributed by atoms with van der Waals surface area (Å²) in [7, 11) is 0. The molecule has 0 aliphatic rings. The van der Waals surface area contributed by atoms with Crippen LogP contribution in [0.4, 0.5) is 5.69 Å². The van der Waals surface area contributed by atoms with E-state index in [2.05, 4.69) is 10.6 Å². The molecule has 0 saturated heterocycles. The Balaban J connectivity index is 1.88. The Morgan fingerprint density at radius 3 is 2.23 bits per heavy atom. The highest BCUT2D eigenvalue weighted by atomic mass is 35.5. The molecular weight excluding hydrogens is 356 g/mol. The van der Waals surface area contributed by atoms with Crippen molar-refractivity contribution in [3.63, 3.8) is 0 Å². The van der Waals surface area contributed by atoms with Crippen molar-refractivity contribution in [3.05, 3.63) is 65.2 Å². The standard InChI is InChI=1S/C19H19ClN2O4/c1-12(21-18(24)14-8-4-3-5-9-14)19(25)26-13(2)17(23)22-16-11-7-6-10-15(16)20/h3-13H,1-2H3,(H,21,24)(H,22,23)/t12-,13?/m0/s1. The molecule has 136 valence electrons. The number of hydrogen-bond donors (Lipinski definition) is 2. The molecule has 2 N–H and O–H groups in total. The molecule has 0 aliphatic heterocycles. The van der Waals surface area contributed by atoms with Gasteiger partial charge in [-0.25, -0.2) is 4.79 Å². The van der Waals surface area contributed by atoms with Crippen LogP contribution in [0.25, 0.3) is 0 Å². The fraction of sp³-hybridized carbons (Fsp3) is 0.211. The average Bonchev–Trinajstić information content (AvgIpc) is 2.64. The molecule has 7 heteroatoms. The monoisotopic (exact) mass is 374 g/mol. The van der Waals surface area contributed by atoms with Gasteiger partial charge in [-0.15, -0.1) is 0 Å². The Morgan fingerprint density at radius 2 is 1.58 bits per heavy atom. The van der Waals surface area contributed by atoms with Gasteiger partial charge in [0.15, 0.2) is 6.10 Å². The van der Waals surface area contributed by atoms with Crippen molar-refractivity contribution in [2.75, 3.05) is 5.32 Å². The molecule has 0 heterocycles. The van der Waals surface area contributed by atoms with Gasteiger partial charge in [-0.1, -0.05) is 41.9 Å². The van der Waals surface area contributed by atoms with Gasteiger partial charge in [0.05, 0.1) is 10.7 Å². The highest BCUT2D eigenvalue weighted by molar-refractivity contribution is 6.33. The van der Waals surface area contributed by atoms with Crippen LogP contribution in [0.15, 0.2) is 54.6 Å². The minimum atomic E-state index is -1.05. The number of para-hydroxylation sites is 1. The summed E-state index contributed by atoms with van der Waals surface area (Å²) in [6, 6.07) is 14.3. The summed E-state index contributed by atoms with van der Waals surface area (Å²) >= 11 is 5.97. The van der Waals surface area contributed by atoms with E-state index in [-0.39, 0.29) is 0 Å². The number of amides is 2. The molecule has 0 saturated carbocycles. The molecule has 2 atom stereocenters. The molecule has 26 heavy (non-hydrogen) atoms. The van der Waals surface area contributed by atoms with E-state index < -0.39 is 29.9 Å². The quantitative estimate of drug-likeness (QED) is 0.761. The maximum atomic E-state index is 12.1. The molecule has 1 unspecified atom stereocenters. The van der Waals surface area contributed by atoms with Crippen LogP contribution < -0.4 is 10.6 Å². The minimum Gasteiger partial charge on any atom is -0.451 e. The number of rotatable bonds is 6. The fourth-order valence-corrected chi connectivity index (χ4v) is 2.24. The Morgan fingerprint density at radius 1 is 0.962 bits per heavy atom. The van der Waals surface area contributed by atoms with Gasteiger partial charge in [0.1, 0.15) is 6.04 Å². The van der Waals surface area contributed by atoms with Crippen molar-refractivity contribution < 1.29 is 19.1 Å². The molecule has 0 radical (unpaired) electrons. The second-order valence-corrected chi connectivity index (χ2v) is 6.02. The third-order valence-electron chi connectivity index (χ3n) is 3.53. The first kappa shape index (κ1) is 19.5. The van der Waals surface area contributed by atoms with Gasteiger partial charge in [0, 0.05) is 5.56 Å². The van der Waals surface area contributed by atoms with Crippen molar-refractivity contribution >= 4 is 35.1 Å². The summed E-state index contributed by atoms with van der Waals surface area (Å²) in [5.41, 5.74) is 0.851. The number of carbonyl (C=O) groups is 3. The summed E-state index contributed by atoms with van der Waals surface area (Å²) in [6.45, 7) is 2.93. The minimum absolute atomic E-state index is 0.378. The number of anilines is 1. The Kier molecular flexibility index (Phi) is 6.74. The zero-order valence-corrected chi connectivity index (χ0v) is 15.1. The molecule has 0 fully saturated rings. The Hall–Kier alpha value is -2.86. The fourth-order valence-electron chi connectivity index (χ4n) is 2.06. The van der Waals surface area contributed by atoms with Crippen LogP contribution in [0.3, 0.4) is 0 Å². The molecule has 2 aromatic carbocycles. The van der Waals surface area contributed by atoms with E-state index in [1.165, 1.54) is 13.8 Å². The van der Waals surface area contributed by atoms with Gasteiger partial charge in [-0.05, 0) is 38.1 Å². The highest BCUT2D eigenvalue weighted by Gasteiger charge is 2.23. The smallest absolute Gasteiger partial charge is 0.329 e. The van der Waals surface area contributed by atoms with E-state index in [9.17, 15) is 14.4 Å². The van der Waals surface area contributed by atoms with E-state index in [1.54, 1.807) is 54.6 Å². The Labute approximate surface area is 156 Å². The van der Waals surface area contributed by atoms with Crippen LogP contribution >= 0.6 is 11.6 Å². The number of benzene rings is 2. The molecule has 2 amide bonds. The number of ether oxygens (including phenoxy) is 1. The summed E-state index contributed by atoms with van der Waals surface area (Å²) < 4.78 is 5.11. The molecule has 6 nitrogen and oxygen atoms in total. The van der Waals surface area contributed by atoms with Crippen LogP contribution in [0.2, 0.25) is 5.02 Å². The van der Waals surface area contributed by atoms with Crippen LogP contribution in [0.1, 0.15) is 24.2 Å². The number of carbonyl (C=O) groups excluding carboxylic acids is 3. The molecular formula is C19H19ClN2O4. The third-order valence-corrected chi connectivity index (χ3v) is 3.86. The molecule has 0 bridgehead atoms. The molecule has 0 aliphatic carbocycles. The van der Waals surface area contributed by atoms with Crippen molar-refractivity contribution in [2.24, 2.45) is 0 Å². The first-order valence-electron chi connectivity index (χ1n) is 8.00. The van der Waals surface area contributed by atoms with E-state index >= 15 is 0 Å². The number of nitrogens with one attached hydrogen (secondary N) is 2. The van der Waals surface area contributed by atoms with E-state index in [0.29, 0.717) is 16.3 Å². The van der Waals surface area contributed by atoms with E-state index in [1.807, 2.05) is 0 Å². The lowest BCUT2D eigenvalue weighted by atomic mass is 10.2. The van der Waals surface area contributed by atoms with E-state index in [4.69, 9.17) is 16.3 Å². The zero-order valence-electron chi connectivity index (χ0n) is 14.4. The SMILES string of the molecule is CC(OC(=O)[C@H](C)NC(=O)c1ccccc1)C(=O)Nc1ccccc1Cl. The average molecular weight is 375 g/mol. The Bertz CT molecular complexity index is 795. The van der Waals surface area contributed by atoms with Crippen LogP contribution in [-0.2, 0) is 14.3 Å². The van der Waals surface area contributed by atoms with Crippen molar-refractivity contribution in [1.29, 1.82) is 0 Å². The summed E-state index contributed by atoms with van der Waals surface area (Å²) in [5.74, 6) is -1.63. The molecule has 2 aromatic rings. The largest absolute Gasteiger partial charge is 0.451 e. The normalized spacial score (nSPS) is 12.6. The van der Waals surface area contributed by atoms with Crippen molar-refractivity contribution in [2.45, 2.75) is 26.0 Å². The molecule has 2 rings (SSSR count). The van der Waals surface area contributed by atoms with Gasteiger partial charge in [-0.3, -0.25) is 9.59 Å². The van der Waals surface area contributed by atoms with Crippen molar-refractivity contribution in [1.82, 2.24) is 5.32 Å². The van der Waals surface area contributed by atoms with E-state index in [0.717, 1.165) is 0 Å². The highest BCUT2D eigenvalue weighted by Crippen LogP contribution is 2.20. The van der Waals surface area contributed by atoms with Crippen LogP contribution in [0, 0.1) is 0 Å². The topological polar surface area (TPSA) is 84.5 Å². The first-order chi connectivity index (χ1) is 12.4. The van der Waals surface area contributed by atoms with Crippen LogP contribution in [-0.4, -0.2) is 29.9 Å². The predicted octanol–water partition coefficient (Wildman–Crippen LogP) is 3.03. The lowest BCUT2D eigenvalue weighted by molar-refractivity contribution is -0.154. The number of hydrogen-bond acceptors (Lipinski definition) is 4. The van der Waals surface area contributed by atoms with Crippen molar-refractivity contribution in [3.8, 4) is 0 Å². The second kappa shape index (κ2) is 9.01. The third kappa shape index (κ3) is 5.32. The van der Waals surface area contributed by atoms with Gasteiger partial charge in [-0.2, -0.15) is 0 Å². The van der Waals surface area contributed by atoms with Gasteiger partial charge in [0.25, 0.3) is 11.8 Å². The second-order valence-electron chi connectivity index (χ2n) is 5.61. The maximum Gasteiger partial charge on any atom is 0.329 e. The summed E-state index contributed by atoms with van der Waals surface area (Å²) in [5, 5.41) is 5.50. The molecule has 0 spiro atoms. The summed E-state index contributed by atoms with van der Waals surface area (Å²) in [6.07, 6.45) is -1.05. The number of halogens is 1. The van der Waals surface area contributed by atoms with Crippen LogP contribution in [0.5, 0.6) is 0 Å². The van der Waals surface area contributed by atoms with Gasteiger partial charge in [0.2, 0.25) is 0 Å².